The largest absolute Gasteiger partial charge is 0.352 e. The molecule has 3 rings (SSSR count). The van der Waals surface area contributed by atoms with E-state index in [1.165, 1.54) is 4.90 Å². The van der Waals surface area contributed by atoms with Crippen LogP contribution in [0.4, 0.5) is 14.5 Å². The first-order chi connectivity index (χ1) is 17.0. The molecule has 1 atom stereocenters. The van der Waals surface area contributed by atoms with Crippen molar-refractivity contribution in [1.29, 1.82) is 0 Å². The summed E-state index contributed by atoms with van der Waals surface area (Å²) >= 11 is 0. The molecule has 0 radical (unpaired) electrons. The Morgan fingerprint density at radius 2 is 1.75 bits per heavy atom. The molecule has 0 bridgehead atoms. The summed E-state index contributed by atoms with van der Waals surface area (Å²) in [5.74, 6) is -3.32. The quantitative estimate of drug-likeness (QED) is 0.542. The molecule has 0 heterocycles. The number of benzene rings is 2. The molecule has 36 heavy (non-hydrogen) atoms. The molecule has 7 nitrogen and oxygen atoms in total. The van der Waals surface area contributed by atoms with Crippen molar-refractivity contribution in [3.63, 3.8) is 0 Å². The topological polar surface area (TPSA) is 86.8 Å². The van der Waals surface area contributed by atoms with Gasteiger partial charge in [0.25, 0.3) is 0 Å². The van der Waals surface area contributed by atoms with E-state index in [-0.39, 0.29) is 24.2 Å². The Kier molecular flexibility index (Phi) is 9.05. The molecule has 0 saturated heterocycles. The fourth-order valence-electron chi connectivity index (χ4n) is 4.41. The van der Waals surface area contributed by atoms with Gasteiger partial charge in [-0.1, -0.05) is 49.1 Å². The molecule has 196 valence electrons. The summed E-state index contributed by atoms with van der Waals surface area (Å²) in [6.45, 7) is 2.92. The fraction of sp³-hybridized carbons (Fsp3) is 0.462. The molecule has 0 aromatic heterocycles. The Bertz CT molecular complexity index is 1200. The van der Waals surface area contributed by atoms with Gasteiger partial charge in [-0.05, 0) is 44.4 Å². The molecule has 1 aliphatic rings. The number of rotatable bonds is 9. The molecule has 0 spiro atoms. The van der Waals surface area contributed by atoms with Crippen LogP contribution in [0.25, 0.3) is 0 Å². The first-order valence-corrected chi connectivity index (χ1v) is 13.9. The maximum atomic E-state index is 13.9. The molecule has 0 aliphatic heterocycles. The van der Waals surface area contributed by atoms with Gasteiger partial charge >= 0.3 is 0 Å². The molecule has 2 amide bonds. The van der Waals surface area contributed by atoms with Crippen molar-refractivity contribution >= 4 is 27.5 Å². The van der Waals surface area contributed by atoms with Crippen molar-refractivity contribution in [1.82, 2.24) is 10.2 Å². The molecule has 2 aromatic carbocycles. The summed E-state index contributed by atoms with van der Waals surface area (Å²) in [7, 11) is -4.03. The van der Waals surface area contributed by atoms with E-state index in [0.29, 0.717) is 4.31 Å². The SMILES string of the molecule is Cc1cccc(CN(C(=O)CN(c2ccc(F)c(F)c2)S(C)(=O)=O)C(C)C(=O)NC2CCCCC2)c1. The number of aryl methyl sites for hydroxylation is 1. The van der Waals surface area contributed by atoms with Crippen molar-refractivity contribution in [2.24, 2.45) is 0 Å². The second-order valence-electron chi connectivity index (χ2n) is 9.40. The normalized spacial score (nSPS) is 15.2. The van der Waals surface area contributed by atoms with E-state index in [1.54, 1.807) is 6.92 Å². The molecular formula is C26H33F2N3O4S. The average Bonchev–Trinajstić information content (AvgIpc) is 2.82. The monoisotopic (exact) mass is 521 g/mol. The summed E-state index contributed by atoms with van der Waals surface area (Å²) < 4.78 is 53.1. The molecule has 2 aromatic rings. The van der Waals surface area contributed by atoms with Gasteiger partial charge in [0, 0.05) is 18.7 Å². The smallest absolute Gasteiger partial charge is 0.244 e. The predicted octanol–water partition coefficient (Wildman–Crippen LogP) is 3.91. The summed E-state index contributed by atoms with van der Waals surface area (Å²) in [4.78, 5) is 28.0. The number of sulfonamides is 1. The Balaban J connectivity index is 1.88. The zero-order valence-corrected chi connectivity index (χ0v) is 21.7. The lowest BCUT2D eigenvalue weighted by Gasteiger charge is -2.33. The number of carbonyl (C=O) groups is 2. The lowest BCUT2D eigenvalue weighted by Crippen LogP contribution is -2.53. The number of nitrogens with one attached hydrogen (secondary N) is 1. The lowest BCUT2D eigenvalue weighted by atomic mass is 9.95. The summed E-state index contributed by atoms with van der Waals surface area (Å²) in [6.07, 6.45) is 5.83. The highest BCUT2D eigenvalue weighted by Gasteiger charge is 2.31. The highest BCUT2D eigenvalue weighted by Crippen LogP contribution is 2.22. The van der Waals surface area contributed by atoms with Crippen molar-refractivity contribution in [2.75, 3.05) is 17.1 Å². The van der Waals surface area contributed by atoms with Crippen LogP contribution in [0.2, 0.25) is 0 Å². The van der Waals surface area contributed by atoms with Crippen LogP contribution in [0.5, 0.6) is 0 Å². The standard InChI is InChI=1S/C26H33F2N3O4S/c1-18-8-7-9-20(14-18)16-30(19(2)26(33)29-21-10-5-4-6-11-21)25(32)17-31(36(3,34)35)22-12-13-23(27)24(28)15-22/h7-9,12-15,19,21H,4-6,10-11,16-17H2,1-3H3,(H,29,33). The van der Waals surface area contributed by atoms with Gasteiger partial charge in [0.15, 0.2) is 11.6 Å². The minimum atomic E-state index is -4.03. The van der Waals surface area contributed by atoms with E-state index >= 15 is 0 Å². The maximum Gasteiger partial charge on any atom is 0.244 e. The van der Waals surface area contributed by atoms with Crippen LogP contribution in [0.1, 0.15) is 50.2 Å². The summed E-state index contributed by atoms with van der Waals surface area (Å²) in [5.41, 5.74) is 1.57. The third-order valence-electron chi connectivity index (χ3n) is 6.42. The third kappa shape index (κ3) is 7.25. The number of anilines is 1. The number of amides is 2. The van der Waals surface area contributed by atoms with Crippen molar-refractivity contribution in [3.05, 3.63) is 65.2 Å². The highest BCUT2D eigenvalue weighted by atomic mass is 32.2. The highest BCUT2D eigenvalue weighted by molar-refractivity contribution is 7.92. The maximum absolute atomic E-state index is 13.9. The van der Waals surface area contributed by atoms with E-state index in [2.05, 4.69) is 5.32 Å². The number of nitrogens with zero attached hydrogens (tertiary/aromatic N) is 2. The number of halogens is 2. The number of hydrogen-bond acceptors (Lipinski definition) is 4. The second kappa shape index (κ2) is 11.8. The third-order valence-corrected chi connectivity index (χ3v) is 7.57. The van der Waals surface area contributed by atoms with Crippen LogP contribution in [0, 0.1) is 18.6 Å². The van der Waals surface area contributed by atoms with Gasteiger partial charge in [-0.2, -0.15) is 0 Å². The molecule has 1 aliphatic carbocycles. The van der Waals surface area contributed by atoms with Crippen molar-refractivity contribution in [2.45, 2.75) is 64.6 Å². The molecular weight excluding hydrogens is 488 g/mol. The minimum absolute atomic E-state index is 0.0410. The van der Waals surface area contributed by atoms with Gasteiger partial charge in [-0.25, -0.2) is 17.2 Å². The molecule has 1 N–H and O–H groups in total. The molecule has 1 unspecified atom stereocenters. The first kappa shape index (κ1) is 27.6. The zero-order valence-electron chi connectivity index (χ0n) is 20.8. The van der Waals surface area contributed by atoms with Gasteiger partial charge in [-0.15, -0.1) is 0 Å². The number of hydrogen-bond donors (Lipinski definition) is 1. The van der Waals surface area contributed by atoms with Crippen molar-refractivity contribution in [3.8, 4) is 0 Å². The Hall–Kier alpha value is -3.01. The van der Waals surface area contributed by atoms with E-state index in [0.717, 1.165) is 67.7 Å². The van der Waals surface area contributed by atoms with Crippen LogP contribution in [-0.2, 0) is 26.2 Å². The van der Waals surface area contributed by atoms with Gasteiger partial charge < -0.3 is 10.2 Å². The average molecular weight is 522 g/mol. The Morgan fingerprint density at radius 3 is 2.36 bits per heavy atom. The molecule has 10 heteroatoms. The van der Waals surface area contributed by atoms with E-state index in [9.17, 15) is 26.8 Å². The second-order valence-corrected chi connectivity index (χ2v) is 11.3. The van der Waals surface area contributed by atoms with Gasteiger partial charge in [0.05, 0.1) is 11.9 Å². The molecule has 1 saturated carbocycles. The van der Waals surface area contributed by atoms with Crippen molar-refractivity contribution < 1.29 is 26.8 Å². The van der Waals surface area contributed by atoms with E-state index < -0.39 is 40.2 Å². The first-order valence-electron chi connectivity index (χ1n) is 12.0. The molecule has 1 fully saturated rings. The van der Waals surface area contributed by atoms with Gasteiger partial charge in [-0.3, -0.25) is 13.9 Å². The van der Waals surface area contributed by atoms with Crippen LogP contribution in [-0.4, -0.2) is 50.0 Å². The lowest BCUT2D eigenvalue weighted by molar-refractivity contribution is -0.139. The van der Waals surface area contributed by atoms with Gasteiger partial charge in [0.1, 0.15) is 12.6 Å². The van der Waals surface area contributed by atoms with E-state index in [1.807, 2.05) is 31.2 Å². The minimum Gasteiger partial charge on any atom is -0.352 e. The number of carbonyl (C=O) groups excluding carboxylic acids is 2. The van der Waals surface area contributed by atoms with Gasteiger partial charge in [0.2, 0.25) is 21.8 Å². The van der Waals surface area contributed by atoms with Crippen LogP contribution < -0.4 is 9.62 Å². The Morgan fingerprint density at radius 1 is 1.06 bits per heavy atom. The zero-order chi connectivity index (χ0) is 26.5. The Labute approximate surface area is 211 Å². The fourth-order valence-corrected chi connectivity index (χ4v) is 5.25. The van der Waals surface area contributed by atoms with E-state index in [4.69, 9.17) is 0 Å². The predicted molar refractivity (Wildman–Crippen MR) is 135 cm³/mol. The van der Waals surface area contributed by atoms with Crippen LogP contribution in [0.3, 0.4) is 0 Å². The van der Waals surface area contributed by atoms with Crippen LogP contribution >= 0.6 is 0 Å². The summed E-state index contributed by atoms with van der Waals surface area (Å²) in [5, 5.41) is 3.02. The van der Waals surface area contributed by atoms with Crippen LogP contribution in [0.15, 0.2) is 42.5 Å². The summed E-state index contributed by atoms with van der Waals surface area (Å²) in [6, 6.07) is 9.24.